The zero-order valence-electron chi connectivity index (χ0n) is 29.0. The molecule has 1 unspecified atom stereocenters. The van der Waals surface area contributed by atoms with Crippen LogP contribution in [-0.4, -0.2) is 55.6 Å². The van der Waals surface area contributed by atoms with Gasteiger partial charge in [0.15, 0.2) is 0 Å². The summed E-state index contributed by atoms with van der Waals surface area (Å²) in [5, 5.41) is 15.6. The Morgan fingerprint density at radius 1 is 1.10 bits per heavy atom. The summed E-state index contributed by atoms with van der Waals surface area (Å²) in [5.74, 6) is 0.225. The quantitative estimate of drug-likeness (QED) is 0.105. The number of nitrogens with one attached hydrogen (secondary N) is 2. The molecule has 2 aromatic heterocycles. The third-order valence-corrected chi connectivity index (χ3v) is 9.92. The predicted octanol–water partition coefficient (Wildman–Crippen LogP) is 8.64. The molecule has 1 aliphatic heterocycles. The Bertz CT molecular complexity index is 1880. The van der Waals surface area contributed by atoms with Crippen molar-refractivity contribution in [3.8, 4) is 34.4 Å². The number of ether oxygens (including phenoxy) is 4. The summed E-state index contributed by atoms with van der Waals surface area (Å²) < 4.78 is 68.2. The first kappa shape index (κ1) is 36.7. The topological polar surface area (TPSA) is 120 Å². The Morgan fingerprint density at radius 2 is 1.84 bits per heavy atom. The van der Waals surface area contributed by atoms with Crippen LogP contribution in [0.5, 0.6) is 17.2 Å². The Morgan fingerprint density at radius 3 is 2.48 bits per heavy atom. The van der Waals surface area contributed by atoms with Crippen LogP contribution in [0.2, 0.25) is 25.7 Å². The maximum atomic E-state index is 14.5. The molecule has 5 rings (SSSR count). The van der Waals surface area contributed by atoms with Gasteiger partial charge in [0.05, 0.1) is 30.3 Å². The van der Waals surface area contributed by atoms with Gasteiger partial charge < -0.3 is 34.1 Å². The second kappa shape index (κ2) is 15.1. The fraction of sp³-hybridized carbons (Fsp3) is 0.417. The molecule has 14 heteroatoms. The van der Waals surface area contributed by atoms with Crippen LogP contribution in [0, 0.1) is 17.2 Å². The highest BCUT2D eigenvalue weighted by atomic mass is 28.3. The molecule has 0 aliphatic carbocycles. The number of hydrogen-bond acceptors (Lipinski definition) is 7. The molecule has 0 bridgehead atoms. The van der Waals surface area contributed by atoms with E-state index in [0.717, 1.165) is 12.1 Å². The highest BCUT2D eigenvalue weighted by molar-refractivity contribution is 6.76. The summed E-state index contributed by atoms with van der Waals surface area (Å²) in [6, 6.07) is 12.3. The molecule has 2 N–H and O–H groups in total. The van der Waals surface area contributed by atoms with Crippen LogP contribution in [0.4, 0.5) is 23.7 Å². The lowest BCUT2D eigenvalue weighted by atomic mass is 10.0. The molecule has 2 amide bonds. The van der Waals surface area contributed by atoms with E-state index in [0.29, 0.717) is 53.3 Å². The molecular weight excluding hydrogens is 668 g/mol. The molecule has 1 aliphatic rings. The van der Waals surface area contributed by atoms with Crippen LogP contribution in [0.1, 0.15) is 31.9 Å². The summed E-state index contributed by atoms with van der Waals surface area (Å²) in [5.41, 5.74) is 0.815. The van der Waals surface area contributed by atoms with Gasteiger partial charge in [0.2, 0.25) is 0 Å². The van der Waals surface area contributed by atoms with Gasteiger partial charge in [-0.15, -0.1) is 0 Å². The number of anilines is 1. The number of carbonyl (C=O) groups is 1. The standard InChI is InChI=1S/C36H42F3N5O5Si/c1-22(2)48-30-9-7-24(15-25(30)17-40)28-18-44(21-46-13-14-50(4,5)6)34-33(28)32(11-12-41-34)49-31-10-8-27(16-29(31)36(37,38)39)43-35(45)42-23(3)26-19-47-20-26/h7-12,15-16,18,22-23,26H,13-14,19-21H2,1-6H3,(H2,42,43,45). The molecule has 4 aromatic rings. The van der Waals surface area contributed by atoms with Crippen molar-refractivity contribution >= 4 is 30.8 Å². The molecule has 3 heterocycles. The lowest BCUT2D eigenvalue weighted by Crippen LogP contribution is -2.47. The monoisotopic (exact) mass is 709 g/mol. The highest BCUT2D eigenvalue weighted by Crippen LogP contribution is 2.43. The van der Waals surface area contributed by atoms with E-state index >= 15 is 0 Å². The molecule has 266 valence electrons. The Balaban J connectivity index is 1.52. The Hall–Kier alpha value is -4.58. The van der Waals surface area contributed by atoms with Crippen LogP contribution < -0.4 is 20.1 Å². The number of alkyl halides is 3. The molecule has 50 heavy (non-hydrogen) atoms. The van der Waals surface area contributed by atoms with Crippen molar-refractivity contribution in [2.45, 2.75) is 71.5 Å². The molecule has 0 saturated carbocycles. The average Bonchev–Trinajstić information content (AvgIpc) is 3.37. The second-order valence-electron chi connectivity index (χ2n) is 13.9. The van der Waals surface area contributed by atoms with E-state index in [1.54, 1.807) is 29.0 Å². The molecule has 1 atom stereocenters. The van der Waals surface area contributed by atoms with Crippen LogP contribution in [-0.2, 0) is 22.4 Å². The van der Waals surface area contributed by atoms with Gasteiger partial charge in [-0.25, -0.2) is 9.78 Å². The van der Waals surface area contributed by atoms with Gasteiger partial charge in [-0.1, -0.05) is 25.7 Å². The molecule has 0 radical (unpaired) electrons. The van der Waals surface area contributed by atoms with Crippen LogP contribution >= 0.6 is 0 Å². The lowest BCUT2D eigenvalue weighted by Gasteiger charge is -2.31. The van der Waals surface area contributed by atoms with Gasteiger partial charge in [0, 0.05) is 50.3 Å². The minimum atomic E-state index is -4.81. The normalized spacial score (nSPS) is 14.3. The number of rotatable bonds is 13. The van der Waals surface area contributed by atoms with Crippen molar-refractivity contribution in [3.05, 3.63) is 66.0 Å². The van der Waals surface area contributed by atoms with E-state index in [1.165, 1.54) is 24.4 Å². The van der Waals surface area contributed by atoms with Gasteiger partial charge >= 0.3 is 12.2 Å². The van der Waals surface area contributed by atoms with E-state index < -0.39 is 31.6 Å². The summed E-state index contributed by atoms with van der Waals surface area (Å²) in [6.45, 7) is 14.0. The first-order valence-electron chi connectivity index (χ1n) is 16.4. The summed E-state index contributed by atoms with van der Waals surface area (Å²) in [4.78, 5) is 17.1. The van der Waals surface area contributed by atoms with Gasteiger partial charge in [-0.3, -0.25) is 0 Å². The molecule has 10 nitrogen and oxygen atoms in total. The minimum absolute atomic E-state index is 0.0471. The maximum absolute atomic E-state index is 14.5. The number of halogens is 3. The molecule has 1 saturated heterocycles. The Kier molecular flexibility index (Phi) is 11.1. The average molecular weight is 710 g/mol. The summed E-state index contributed by atoms with van der Waals surface area (Å²) in [6.07, 6.45) is -1.70. The number of aromatic nitrogens is 2. The lowest BCUT2D eigenvalue weighted by molar-refractivity contribution is -0.138. The second-order valence-corrected chi connectivity index (χ2v) is 19.5. The zero-order valence-corrected chi connectivity index (χ0v) is 30.0. The van der Waals surface area contributed by atoms with Crippen molar-refractivity contribution in [1.29, 1.82) is 5.26 Å². The number of carbonyl (C=O) groups excluding carboxylic acids is 1. The van der Waals surface area contributed by atoms with Crippen LogP contribution in [0.3, 0.4) is 0 Å². The van der Waals surface area contributed by atoms with Crippen LogP contribution in [0.25, 0.3) is 22.2 Å². The number of nitriles is 1. The van der Waals surface area contributed by atoms with Crippen molar-refractivity contribution in [3.63, 3.8) is 0 Å². The molecule has 0 spiro atoms. The van der Waals surface area contributed by atoms with Gasteiger partial charge in [-0.2, -0.15) is 18.4 Å². The predicted molar refractivity (Wildman–Crippen MR) is 187 cm³/mol. The van der Waals surface area contributed by atoms with E-state index in [2.05, 4.69) is 41.3 Å². The molecular formula is C36H42F3N5O5Si. The third-order valence-electron chi connectivity index (χ3n) is 8.21. The number of urea groups is 1. The smallest absolute Gasteiger partial charge is 0.420 e. The summed E-state index contributed by atoms with van der Waals surface area (Å²) >= 11 is 0. The Labute approximate surface area is 290 Å². The fourth-order valence-electron chi connectivity index (χ4n) is 5.34. The van der Waals surface area contributed by atoms with Gasteiger partial charge in [-0.05, 0) is 68.8 Å². The number of benzene rings is 2. The van der Waals surface area contributed by atoms with Crippen molar-refractivity contribution in [2.75, 3.05) is 25.1 Å². The fourth-order valence-corrected chi connectivity index (χ4v) is 6.10. The van der Waals surface area contributed by atoms with Crippen molar-refractivity contribution in [2.24, 2.45) is 5.92 Å². The SMILES string of the molecule is CC(C)Oc1ccc(-c2cn(COCC[Si](C)(C)C)c3nccc(Oc4ccc(NC(=O)NC(C)C5COC5)cc4C(F)(F)F)c23)cc1C#N. The van der Waals surface area contributed by atoms with E-state index in [9.17, 15) is 23.2 Å². The van der Waals surface area contributed by atoms with Crippen LogP contribution in [0.15, 0.2) is 54.9 Å². The van der Waals surface area contributed by atoms with E-state index in [1.807, 2.05) is 20.8 Å². The number of hydrogen-bond donors (Lipinski definition) is 2. The van der Waals surface area contributed by atoms with Gasteiger partial charge in [0.1, 0.15) is 41.3 Å². The zero-order chi connectivity index (χ0) is 36.2. The largest absolute Gasteiger partial charge is 0.490 e. The number of amides is 2. The summed E-state index contributed by atoms with van der Waals surface area (Å²) in [7, 11) is -1.36. The number of nitrogens with zero attached hydrogens (tertiary/aromatic N) is 3. The minimum Gasteiger partial charge on any atom is -0.490 e. The van der Waals surface area contributed by atoms with Crippen molar-refractivity contribution < 1.29 is 36.9 Å². The molecule has 1 fully saturated rings. The number of fused-ring (bicyclic) bond motifs is 1. The van der Waals surface area contributed by atoms with E-state index in [-0.39, 0.29) is 36.2 Å². The first-order chi connectivity index (χ1) is 23.6. The maximum Gasteiger partial charge on any atom is 0.420 e. The van der Waals surface area contributed by atoms with Crippen molar-refractivity contribution in [1.82, 2.24) is 14.9 Å². The van der Waals surface area contributed by atoms with Gasteiger partial charge in [0.25, 0.3) is 0 Å². The molecule has 2 aromatic carbocycles. The van der Waals surface area contributed by atoms with E-state index in [4.69, 9.17) is 18.9 Å². The first-order valence-corrected chi connectivity index (χ1v) is 20.1. The highest BCUT2D eigenvalue weighted by Gasteiger charge is 2.36. The number of pyridine rings is 1. The third kappa shape index (κ3) is 8.95.